The molecule has 0 aromatic carbocycles. The van der Waals surface area contributed by atoms with Crippen molar-refractivity contribution in [2.45, 2.75) is 39.1 Å². The first-order chi connectivity index (χ1) is 9.39. The minimum absolute atomic E-state index is 0.149. The van der Waals surface area contributed by atoms with Crippen LogP contribution in [0.4, 0.5) is 0 Å². The van der Waals surface area contributed by atoms with Crippen LogP contribution in [0.3, 0.4) is 0 Å². The fourth-order valence-corrected chi connectivity index (χ4v) is 1.84. The molecule has 1 saturated heterocycles. The molecule has 0 saturated carbocycles. The van der Waals surface area contributed by atoms with E-state index in [2.05, 4.69) is 6.58 Å². The number of ether oxygens (including phenoxy) is 4. The molecule has 1 heterocycles. The van der Waals surface area contributed by atoms with Crippen molar-refractivity contribution in [2.75, 3.05) is 19.8 Å². The third kappa shape index (κ3) is 4.05. The van der Waals surface area contributed by atoms with Crippen LogP contribution in [0.1, 0.15) is 27.2 Å². The van der Waals surface area contributed by atoms with Crippen molar-refractivity contribution in [1.82, 2.24) is 0 Å². The van der Waals surface area contributed by atoms with E-state index in [1.165, 1.54) is 0 Å². The van der Waals surface area contributed by atoms with Gasteiger partial charge in [0, 0.05) is 11.5 Å². The molecule has 0 spiro atoms. The summed E-state index contributed by atoms with van der Waals surface area (Å²) < 4.78 is 21.4. The second-order valence-corrected chi connectivity index (χ2v) is 5.50. The van der Waals surface area contributed by atoms with Crippen molar-refractivity contribution in [3.63, 3.8) is 0 Å². The van der Waals surface area contributed by atoms with E-state index in [9.17, 15) is 9.59 Å². The number of rotatable bonds is 7. The first-order valence-corrected chi connectivity index (χ1v) is 6.53. The van der Waals surface area contributed by atoms with Crippen LogP contribution in [0.5, 0.6) is 0 Å². The Morgan fingerprint density at radius 1 is 1.45 bits per heavy atom. The van der Waals surface area contributed by atoms with Gasteiger partial charge in [0.15, 0.2) is 11.9 Å². The Labute approximate surface area is 119 Å². The van der Waals surface area contributed by atoms with Crippen LogP contribution in [-0.2, 0) is 28.5 Å². The molecular weight excluding hydrogens is 264 g/mol. The lowest BCUT2D eigenvalue weighted by Crippen LogP contribution is -2.53. The molecule has 1 aliphatic heterocycles. The van der Waals surface area contributed by atoms with Crippen LogP contribution in [0.15, 0.2) is 12.7 Å². The molecule has 20 heavy (non-hydrogen) atoms. The molecule has 0 unspecified atom stereocenters. The summed E-state index contributed by atoms with van der Waals surface area (Å²) in [5.41, 5.74) is -1.24. The number of esters is 1. The zero-order chi connectivity index (χ0) is 15.2. The normalized spacial score (nSPS) is 26.6. The third-order valence-electron chi connectivity index (χ3n) is 3.33. The molecule has 0 atom stereocenters. The standard InChI is InChI=1S/C14H22O6/c1-5-11(16)17-7-13(3,4)12-18-8-14(6-2,9-19-12)20-10-15/h5,10,12H,1,6-9H2,2-4H3. The molecule has 0 radical (unpaired) electrons. The van der Waals surface area contributed by atoms with Gasteiger partial charge in [-0.05, 0) is 6.42 Å². The quantitative estimate of drug-likeness (QED) is 0.400. The van der Waals surface area contributed by atoms with Gasteiger partial charge in [0.2, 0.25) is 0 Å². The minimum atomic E-state index is -0.730. The molecule has 0 aliphatic carbocycles. The predicted molar refractivity (Wildman–Crippen MR) is 70.8 cm³/mol. The monoisotopic (exact) mass is 286 g/mol. The maximum atomic E-state index is 11.1. The molecule has 6 heteroatoms. The van der Waals surface area contributed by atoms with E-state index in [1.54, 1.807) is 0 Å². The van der Waals surface area contributed by atoms with Crippen LogP contribution >= 0.6 is 0 Å². The van der Waals surface area contributed by atoms with Crippen molar-refractivity contribution >= 4 is 12.4 Å². The second kappa shape index (κ2) is 6.85. The maximum Gasteiger partial charge on any atom is 0.330 e. The number of hydrogen-bond donors (Lipinski definition) is 0. The van der Waals surface area contributed by atoms with Crippen LogP contribution in [0, 0.1) is 5.41 Å². The molecule has 0 N–H and O–H groups in total. The van der Waals surface area contributed by atoms with Gasteiger partial charge in [0.1, 0.15) is 6.61 Å². The predicted octanol–water partition coefficient (Wildman–Crippen LogP) is 1.44. The zero-order valence-corrected chi connectivity index (χ0v) is 12.2. The topological polar surface area (TPSA) is 71.1 Å². The van der Waals surface area contributed by atoms with E-state index in [-0.39, 0.29) is 19.8 Å². The summed E-state index contributed by atoms with van der Waals surface area (Å²) in [4.78, 5) is 21.6. The molecule has 1 aliphatic rings. The lowest BCUT2D eigenvalue weighted by atomic mass is 9.92. The van der Waals surface area contributed by atoms with Gasteiger partial charge in [-0.1, -0.05) is 27.4 Å². The Balaban J connectivity index is 2.56. The number of hydrogen-bond acceptors (Lipinski definition) is 6. The van der Waals surface area contributed by atoms with Crippen molar-refractivity contribution in [3.8, 4) is 0 Å². The van der Waals surface area contributed by atoms with Crippen molar-refractivity contribution < 1.29 is 28.5 Å². The number of carbonyl (C=O) groups is 2. The van der Waals surface area contributed by atoms with Gasteiger partial charge in [0.25, 0.3) is 6.47 Å². The van der Waals surface area contributed by atoms with Gasteiger partial charge in [0.05, 0.1) is 13.2 Å². The Hall–Kier alpha value is -1.40. The SMILES string of the molecule is C=CC(=O)OCC(C)(C)C1OCC(CC)(OC=O)CO1. The van der Waals surface area contributed by atoms with E-state index >= 15 is 0 Å². The summed E-state index contributed by atoms with van der Waals surface area (Å²) in [6.45, 7) is 10.0. The lowest BCUT2D eigenvalue weighted by molar-refractivity contribution is -0.291. The molecule has 0 amide bonds. The molecular formula is C14H22O6. The summed E-state index contributed by atoms with van der Waals surface area (Å²) in [6, 6.07) is 0. The summed E-state index contributed by atoms with van der Waals surface area (Å²) in [5.74, 6) is -0.485. The highest BCUT2D eigenvalue weighted by Crippen LogP contribution is 2.32. The molecule has 0 aromatic rings. The molecule has 0 bridgehead atoms. The second-order valence-electron chi connectivity index (χ2n) is 5.50. The molecule has 114 valence electrons. The van der Waals surface area contributed by atoms with Crippen molar-refractivity contribution in [1.29, 1.82) is 0 Å². The highest BCUT2D eigenvalue weighted by atomic mass is 16.7. The highest BCUT2D eigenvalue weighted by molar-refractivity contribution is 5.81. The van der Waals surface area contributed by atoms with Gasteiger partial charge >= 0.3 is 5.97 Å². The first kappa shape index (κ1) is 16.7. The largest absolute Gasteiger partial charge is 0.462 e. The van der Waals surface area contributed by atoms with Crippen LogP contribution in [-0.4, -0.2) is 44.2 Å². The molecule has 6 nitrogen and oxygen atoms in total. The lowest BCUT2D eigenvalue weighted by Gasteiger charge is -2.42. The van der Waals surface area contributed by atoms with Gasteiger partial charge in [-0.3, -0.25) is 4.79 Å². The fourth-order valence-electron chi connectivity index (χ4n) is 1.84. The number of carbonyl (C=O) groups excluding carboxylic acids is 2. The van der Waals surface area contributed by atoms with Crippen LogP contribution < -0.4 is 0 Å². The van der Waals surface area contributed by atoms with Gasteiger partial charge in [-0.2, -0.15) is 0 Å². The minimum Gasteiger partial charge on any atom is -0.462 e. The Morgan fingerprint density at radius 3 is 2.50 bits per heavy atom. The van der Waals surface area contributed by atoms with E-state index in [1.807, 2.05) is 20.8 Å². The fraction of sp³-hybridized carbons (Fsp3) is 0.714. The van der Waals surface area contributed by atoms with Crippen LogP contribution in [0.2, 0.25) is 0 Å². The summed E-state index contributed by atoms with van der Waals surface area (Å²) in [6.07, 6.45) is 1.18. The molecule has 1 fully saturated rings. The molecule has 0 aromatic heterocycles. The summed E-state index contributed by atoms with van der Waals surface area (Å²) in [5, 5.41) is 0. The Morgan fingerprint density at radius 2 is 2.05 bits per heavy atom. The van der Waals surface area contributed by atoms with Gasteiger partial charge in [-0.25, -0.2) is 4.79 Å². The average Bonchev–Trinajstić information content (AvgIpc) is 2.45. The van der Waals surface area contributed by atoms with Gasteiger partial charge < -0.3 is 18.9 Å². The highest BCUT2D eigenvalue weighted by Gasteiger charge is 2.43. The van der Waals surface area contributed by atoms with E-state index < -0.39 is 23.3 Å². The van der Waals surface area contributed by atoms with E-state index in [0.29, 0.717) is 12.9 Å². The first-order valence-electron chi connectivity index (χ1n) is 6.53. The zero-order valence-electron chi connectivity index (χ0n) is 12.2. The smallest absolute Gasteiger partial charge is 0.330 e. The third-order valence-corrected chi connectivity index (χ3v) is 3.33. The average molecular weight is 286 g/mol. The van der Waals surface area contributed by atoms with E-state index in [0.717, 1.165) is 6.08 Å². The van der Waals surface area contributed by atoms with Crippen LogP contribution in [0.25, 0.3) is 0 Å². The molecule has 1 rings (SSSR count). The Kier molecular flexibility index (Phi) is 5.71. The van der Waals surface area contributed by atoms with Crippen molar-refractivity contribution in [2.24, 2.45) is 5.41 Å². The van der Waals surface area contributed by atoms with Gasteiger partial charge in [-0.15, -0.1) is 0 Å². The van der Waals surface area contributed by atoms with E-state index in [4.69, 9.17) is 18.9 Å². The summed E-state index contributed by atoms with van der Waals surface area (Å²) >= 11 is 0. The van der Waals surface area contributed by atoms with Crippen molar-refractivity contribution in [3.05, 3.63) is 12.7 Å². The Bertz CT molecular complexity index is 355. The maximum absolute atomic E-state index is 11.1. The summed E-state index contributed by atoms with van der Waals surface area (Å²) in [7, 11) is 0.